The van der Waals surface area contributed by atoms with Gasteiger partial charge in [-0.3, -0.25) is 9.69 Å². The molecule has 1 aliphatic rings. The summed E-state index contributed by atoms with van der Waals surface area (Å²) in [6, 6.07) is 17.0. The molecule has 1 amide bonds. The van der Waals surface area contributed by atoms with Crippen molar-refractivity contribution in [3.8, 4) is 11.4 Å². The van der Waals surface area contributed by atoms with Crippen molar-refractivity contribution < 1.29 is 14.3 Å². The molecule has 1 aliphatic heterocycles. The Hall–Kier alpha value is -2.83. The van der Waals surface area contributed by atoms with Crippen LogP contribution in [0.15, 0.2) is 48.5 Å². The number of hydrogen-bond acceptors (Lipinski definition) is 4. The minimum Gasteiger partial charge on any atom is -0.493 e. The summed E-state index contributed by atoms with van der Waals surface area (Å²) in [6.07, 6.45) is 2.13. The van der Waals surface area contributed by atoms with Gasteiger partial charge in [0.15, 0.2) is 0 Å². The Kier molecular flexibility index (Phi) is 7.05. The quantitative estimate of drug-likeness (QED) is 0.529. The fraction of sp³-hybridized carbons (Fsp3) is 0.444. The van der Waals surface area contributed by atoms with Gasteiger partial charge in [0, 0.05) is 36.4 Å². The van der Waals surface area contributed by atoms with Crippen molar-refractivity contribution in [2.45, 2.75) is 45.7 Å². The van der Waals surface area contributed by atoms with Gasteiger partial charge in [0.25, 0.3) is 5.91 Å². The molecule has 1 saturated heterocycles. The number of nitrogens with zero attached hydrogens (tertiary/aromatic N) is 2. The predicted molar refractivity (Wildman–Crippen MR) is 132 cm³/mol. The van der Waals surface area contributed by atoms with E-state index in [4.69, 9.17) is 15.2 Å². The van der Waals surface area contributed by atoms with Crippen molar-refractivity contribution in [1.82, 2.24) is 9.47 Å². The van der Waals surface area contributed by atoms with Crippen molar-refractivity contribution in [2.75, 3.05) is 26.9 Å². The van der Waals surface area contributed by atoms with E-state index in [-0.39, 0.29) is 6.04 Å². The molecule has 1 atom stereocenters. The maximum Gasteiger partial charge on any atom is 0.265 e. The standard InChI is InChI=1S/C27H35N3O3/c1-18(2)17-33-26-7-5-6-24-23(26)16-25(27(28)31)30(24)22-10-8-20(9-11-22)19(3)29(4)21-12-14-32-15-13-21/h5-11,16,18-19,21H,12-15,17H2,1-4H3,(H2,28,31)/t19-/m1/s1. The highest BCUT2D eigenvalue weighted by atomic mass is 16.5. The highest BCUT2D eigenvalue weighted by molar-refractivity contribution is 6.00. The van der Waals surface area contributed by atoms with E-state index in [2.05, 4.69) is 57.0 Å². The molecule has 3 aromatic rings. The molecule has 2 aromatic carbocycles. The number of fused-ring (bicyclic) bond motifs is 1. The lowest BCUT2D eigenvalue weighted by atomic mass is 10.0. The topological polar surface area (TPSA) is 69.7 Å². The molecular formula is C27H35N3O3. The SMILES string of the molecule is CC(C)COc1cccc2c1cc(C(N)=O)n2-c1ccc([C@@H](C)N(C)C2CCOCC2)cc1. The van der Waals surface area contributed by atoms with Crippen LogP contribution in [0.1, 0.15) is 55.7 Å². The van der Waals surface area contributed by atoms with E-state index in [1.54, 1.807) is 0 Å². The third-order valence-corrected chi connectivity index (χ3v) is 6.64. The lowest BCUT2D eigenvalue weighted by Gasteiger charge is -2.35. The number of rotatable bonds is 8. The lowest BCUT2D eigenvalue weighted by molar-refractivity contribution is 0.0309. The first kappa shape index (κ1) is 23.3. The molecule has 6 nitrogen and oxygen atoms in total. The summed E-state index contributed by atoms with van der Waals surface area (Å²) in [5, 5.41) is 0.892. The maximum absolute atomic E-state index is 12.3. The number of hydrogen-bond donors (Lipinski definition) is 1. The second kappa shape index (κ2) is 9.98. The number of primary amides is 1. The third kappa shape index (κ3) is 4.92. The molecule has 6 heteroatoms. The summed E-state index contributed by atoms with van der Waals surface area (Å²) in [4.78, 5) is 14.8. The van der Waals surface area contributed by atoms with E-state index in [0.717, 1.165) is 48.4 Å². The summed E-state index contributed by atoms with van der Waals surface area (Å²) in [6.45, 7) is 8.75. The molecule has 1 fully saturated rings. The zero-order valence-corrected chi connectivity index (χ0v) is 20.1. The summed E-state index contributed by atoms with van der Waals surface area (Å²) in [5.74, 6) is 0.718. The number of nitrogens with two attached hydrogens (primary N) is 1. The van der Waals surface area contributed by atoms with E-state index in [0.29, 0.717) is 24.3 Å². The number of carbonyl (C=O) groups excluding carboxylic acids is 1. The number of aromatic nitrogens is 1. The molecular weight excluding hydrogens is 414 g/mol. The predicted octanol–water partition coefficient (Wildman–Crippen LogP) is 4.94. The van der Waals surface area contributed by atoms with Crippen molar-refractivity contribution in [3.63, 3.8) is 0 Å². The zero-order valence-electron chi connectivity index (χ0n) is 20.1. The second-order valence-corrected chi connectivity index (χ2v) is 9.40. The Morgan fingerprint density at radius 3 is 2.48 bits per heavy atom. The van der Waals surface area contributed by atoms with Crippen molar-refractivity contribution in [2.24, 2.45) is 11.7 Å². The maximum atomic E-state index is 12.3. The van der Waals surface area contributed by atoms with Gasteiger partial charge < -0.3 is 19.8 Å². The Bertz CT molecular complexity index is 1100. The van der Waals surface area contributed by atoms with Gasteiger partial charge in [-0.1, -0.05) is 32.0 Å². The van der Waals surface area contributed by atoms with E-state index in [1.807, 2.05) is 28.8 Å². The van der Waals surface area contributed by atoms with Crippen molar-refractivity contribution in [3.05, 3.63) is 59.8 Å². The van der Waals surface area contributed by atoms with Crippen molar-refractivity contribution in [1.29, 1.82) is 0 Å². The molecule has 0 saturated carbocycles. The Morgan fingerprint density at radius 1 is 1.15 bits per heavy atom. The van der Waals surface area contributed by atoms with Gasteiger partial charge in [-0.15, -0.1) is 0 Å². The third-order valence-electron chi connectivity index (χ3n) is 6.64. The van der Waals surface area contributed by atoms with Crippen LogP contribution in [0.4, 0.5) is 0 Å². The first-order chi connectivity index (χ1) is 15.9. The van der Waals surface area contributed by atoms with Gasteiger partial charge in [-0.25, -0.2) is 0 Å². The van der Waals surface area contributed by atoms with Gasteiger partial charge in [-0.2, -0.15) is 0 Å². The van der Waals surface area contributed by atoms with Gasteiger partial charge in [0.05, 0.1) is 12.1 Å². The van der Waals surface area contributed by atoms with Crippen LogP contribution in [0.25, 0.3) is 16.6 Å². The second-order valence-electron chi connectivity index (χ2n) is 9.40. The van der Waals surface area contributed by atoms with Gasteiger partial charge in [-0.05, 0) is 68.6 Å². The number of amides is 1. The first-order valence-corrected chi connectivity index (χ1v) is 11.8. The van der Waals surface area contributed by atoms with Crippen LogP contribution in [0.5, 0.6) is 5.75 Å². The minimum atomic E-state index is -0.460. The molecule has 0 unspecified atom stereocenters. The molecule has 0 spiro atoms. The molecule has 2 heterocycles. The molecule has 0 radical (unpaired) electrons. The average Bonchev–Trinajstić information content (AvgIpc) is 3.23. The smallest absolute Gasteiger partial charge is 0.265 e. The molecule has 176 valence electrons. The summed E-state index contributed by atoms with van der Waals surface area (Å²) < 4.78 is 13.5. The molecule has 0 bridgehead atoms. The number of ether oxygens (including phenoxy) is 2. The molecule has 1 aromatic heterocycles. The van der Waals surface area contributed by atoms with Crippen LogP contribution in [0.3, 0.4) is 0 Å². The lowest BCUT2D eigenvalue weighted by Crippen LogP contribution is -2.38. The molecule has 33 heavy (non-hydrogen) atoms. The molecule has 0 aliphatic carbocycles. The highest BCUT2D eigenvalue weighted by Crippen LogP contribution is 2.33. The monoisotopic (exact) mass is 449 g/mol. The largest absolute Gasteiger partial charge is 0.493 e. The van der Waals surface area contributed by atoms with E-state index in [9.17, 15) is 4.79 Å². The Morgan fingerprint density at radius 2 is 1.85 bits per heavy atom. The molecule has 2 N–H and O–H groups in total. The zero-order chi connectivity index (χ0) is 23.5. The van der Waals surface area contributed by atoms with Gasteiger partial charge in [0.2, 0.25) is 0 Å². The first-order valence-electron chi connectivity index (χ1n) is 11.8. The summed E-state index contributed by atoms with van der Waals surface area (Å²) in [5.41, 5.74) is 9.28. The van der Waals surface area contributed by atoms with Crippen LogP contribution in [0.2, 0.25) is 0 Å². The van der Waals surface area contributed by atoms with Crippen LogP contribution in [-0.4, -0.2) is 48.3 Å². The van der Waals surface area contributed by atoms with Crippen LogP contribution in [-0.2, 0) is 4.74 Å². The average molecular weight is 450 g/mol. The number of benzene rings is 2. The van der Waals surface area contributed by atoms with Crippen LogP contribution < -0.4 is 10.5 Å². The van der Waals surface area contributed by atoms with E-state index < -0.39 is 5.91 Å². The Balaban J connectivity index is 1.66. The molecule has 4 rings (SSSR count). The Labute approximate surface area is 196 Å². The fourth-order valence-electron chi connectivity index (χ4n) is 4.59. The normalized spacial score (nSPS) is 15.9. The van der Waals surface area contributed by atoms with Crippen molar-refractivity contribution >= 4 is 16.8 Å². The fourth-order valence-corrected chi connectivity index (χ4v) is 4.59. The summed E-state index contributed by atoms with van der Waals surface area (Å²) in [7, 11) is 2.19. The van der Waals surface area contributed by atoms with Gasteiger partial charge >= 0.3 is 0 Å². The number of carbonyl (C=O) groups is 1. The van der Waals surface area contributed by atoms with Crippen LogP contribution >= 0.6 is 0 Å². The summed E-state index contributed by atoms with van der Waals surface area (Å²) >= 11 is 0. The van der Waals surface area contributed by atoms with E-state index >= 15 is 0 Å². The minimum absolute atomic E-state index is 0.287. The van der Waals surface area contributed by atoms with Crippen LogP contribution in [0, 0.1) is 5.92 Å². The van der Waals surface area contributed by atoms with Gasteiger partial charge in [0.1, 0.15) is 11.4 Å². The highest BCUT2D eigenvalue weighted by Gasteiger charge is 2.23. The van der Waals surface area contributed by atoms with E-state index in [1.165, 1.54) is 5.56 Å².